The fourth-order valence-corrected chi connectivity index (χ4v) is 7.68. The first-order valence-corrected chi connectivity index (χ1v) is 13.7. The molecule has 41 heavy (non-hydrogen) atoms. The summed E-state index contributed by atoms with van der Waals surface area (Å²) in [5, 5.41) is 34.1. The van der Waals surface area contributed by atoms with E-state index in [2.05, 4.69) is 5.32 Å². The Labute approximate surface area is 234 Å². The molecule has 6 N–H and O–H groups in total. The van der Waals surface area contributed by atoms with Gasteiger partial charge in [0.1, 0.15) is 11.7 Å². The Morgan fingerprint density at radius 1 is 1.22 bits per heavy atom. The highest BCUT2D eigenvalue weighted by Gasteiger charge is 2.67. The van der Waals surface area contributed by atoms with E-state index in [0.717, 1.165) is 31.7 Å². The monoisotopic (exact) mass is 578 g/mol. The summed E-state index contributed by atoms with van der Waals surface area (Å²) in [6.07, 6.45) is -1.96. The minimum Gasteiger partial charge on any atom is -0.507 e. The molecule has 13 heteroatoms. The summed E-state index contributed by atoms with van der Waals surface area (Å²) >= 11 is 0. The molecular formula is C28H33F3N4O6. The van der Waals surface area contributed by atoms with Gasteiger partial charge in [-0.25, -0.2) is 0 Å². The van der Waals surface area contributed by atoms with Crippen molar-refractivity contribution in [2.45, 2.75) is 68.9 Å². The van der Waals surface area contributed by atoms with E-state index in [1.807, 2.05) is 0 Å². The lowest BCUT2D eigenvalue weighted by Gasteiger charge is -2.53. The van der Waals surface area contributed by atoms with Crippen LogP contribution in [0.1, 0.15) is 59.2 Å². The number of ketones is 3. The molecule has 0 heterocycles. The molecule has 1 amide bonds. The molecule has 6 atom stereocenters. The predicted molar refractivity (Wildman–Crippen MR) is 138 cm³/mol. The lowest BCUT2D eigenvalue weighted by Crippen LogP contribution is -2.73. The van der Waals surface area contributed by atoms with Crippen molar-refractivity contribution in [1.82, 2.24) is 10.2 Å². The van der Waals surface area contributed by atoms with Crippen LogP contribution >= 0.6 is 0 Å². The molecule has 0 saturated heterocycles. The first-order chi connectivity index (χ1) is 19.1. The number of hydrogen-bond acceptors (Lipinski definition) is 9. The average Bonchev–Trinajstić information content (AvgIpc) is 3.37. The van der Waals surface area contributed by atoms with E-state index in [1.165, 1.54) is 19.0 Å². The van der Waals surface area contributed by atoms with Crippen molar-refractivity contribution >= 4 is 29.0 Å². The van der Waals surface area contributed by atoms with Crippen LogP contribution in [0.25, 0.3) is 0 Å². The number of carbonyl (C=O) groups is 4. The van der Waals surface area contributed by atoms with Crippen LogP contribution in [-0.2, 0) is 33.5 Å². The summed E-state index contributed by atoms with van der Waals surface area (Å²) < 4.78 is 43.7. The largest absolute Gasteiger partial charge is 0.507 e. The predicted octanol–water partition coefficient (Wildman–Crippen LogP) is 1.37. The Bertz CT molecular complexity index is 1360. The number of Topliss-reactive ketones (excluding diaryl/α,β-unsaturated/α-hetero) is 3. The molecule has 3 saturated carbocycles. The van der Waals surface area contributed by atoms with Gasteiger partial charge in [0.05, 0.1) is 28.8 Å². The highest BCUT2D eigenvalue weighted by Crippen LogP contribution is 2.52. The number of phenolic OH excluding ortho intramolecular Hbond substituents is 1. The van der Waals surface area contributed by atoms with Gasteiger partial charge >= 0.3 is 6.18 Å². The van der Waals surface area contributed by atoms with Gasteiger partial charge in [0, 0.05) is 18.5 Å². The number of primary amides is 1. The summed E-state index contributed by atoms with van der Waals surface area (Å²) in [7, 11) is 2.94. The molecule has 6 unspecified atom stereocenters. The number of carbonyl (C=O) groups excluding carboxylic acids is 4. The Balaban J connectivity index is 1.61. The number of halogens is 3. The maximum Gasteiger partial charge on any atom is 0.417 e. The fraction of sp³-hybridized carbons (Fsp3) is 0.607. The molecule has 0 aromatic heterocycles. The number of aromatic hydroxyl groups is 1. The third-order valence-electron chi connectivity index (χ3n) is 9.43. The van der Waals surface area contributed by atoms with Gasteiger partial charge in [0.15, 0.2) is 23.0 Å². The van der Waals surface area contributed by atoms with Gasteiger partial charge in [-0.2, -0.15) is 13.2 Å². The van der Waals surface area contributed by atoms with E-state index in [1.54, 1.807) is 0 Å². The summed E-state index contributed by atoms with van der Waals surface area (Å²) in [5.41, 5.74) is -0.595. The van der Waals surface area contributed by atoms with Crippen LogP contribution in [-0.4, -0.2) is 75.9 Å². The molecule has 0 radical (unpaired) electrons. The average molecular weight is 579 g/mol. The highest BCUT2D eigenvalue weighted by molar-refractivity contribution is 6.33. The maximum atomic E-state index is 14.6. The number of phenols is 1. The van der Waals surface area contributed by atoms with Gasteiger partial charge in [-0.3, -0.25) is 24.1 Å². The topological polar surface area (TPSA) is 174 Å². The first kappa shape index (κ1) is 29.3. The zero-order chi connectivity index (χ0) is 30.2. The molecule has 4 aliphatic carbocycles. The lowest BCUT2D eigenvalue weighted by atomic mass is 9.52. The molecule has 0 spiro atoms. The molecule has 1 aromatic carbocycles. The third kappa shape index (κ3) is 4.40. The van der Waals surface area contributed by atoms with Crippen LogP contribution in [0, 0.1) is 29.1 Å². The second-order valence-electron chi connectivity index (χ2n) is 12.0. The van der Waals surface area contributed by atoms with Crippen molar-refractivity contribution in [3.63, 3.8) is 0 Å². The fourth-order valence-electron chi connectivity index (χ4n) is 7.68. The Morgan fingerprint density at radius 3 is 2.41 bits per heavy atom. The standard InChI is InChI=1S/C28H33F3N4O6/c1-35(2)21-15-8-11-7-14-18(16(36)9-12(20(14)28(29,30)31)10-34-13-5-3-4-6-13)22(37)17(11)25(39)27(15,41)24(32)19(23(21)38)26(33)40/h9,11,13,15,17,19,21,32,34,36,41H,3-8,10H2,1-2H3,(H2,33,40). The van der Waals surface area contributed by atoms with Crippen molar-refractivity contribution in [1.29, 1.82) is 5.41 Å². The molecule has 0 aliphatic heterocycles. The van der Waals surface area contributed by atoms with Crippen molar-refractivity contribution in [3.8, 4) is 5.75 Å². The van der Waals surface area contributed by atoms with Crippen molar-refractivity contribution < 1.29 is 42.6 Å². The van der Waals surface area contributed by atoms with E-state index < -0.39 is 99.3 Å². The van der Waals surface area contributed by atoms with Crippen LogP contribution in [0.4, 0.5) is 13.2 Å². The van der Waals surface area contributed by atoms with E-state index in [9.17, 15) is 42.6 Å². The second-order valence-corrected chi connectivity index (χ2v) is 12.0. The number of nitrogens with one attached hydrogen (secondary N) is 2. The van der Waals surface area contributed by atoms with Crippen LogP contribution in [0.5, 0.6) is 5.75 Å². The highest BCUT2D eigenvalue weighted by atomic mass is 19.4. The SMILES string of the molecule is CN(C)C1C(=O)C(C(N)=O)C(=N)C2(O)C(=O)C3C(=O)c4c(O)cc(CNC5CCCC5)c(C(F)(F)F)c4CC3CC12. The van der Waals surface area contributed by atoms with Crippen molar-refractivity contribution in [2.75, 3.05) is 14.1 Å². The number of fused-ring (bicyclic) bond motifs is 3. The van der Waals surface area contributed by atoms with Crippen LogP contribution in [0.15, 0.2) is 6.07 Å². The first-order valence-electron chi connectivity index (χ1n) is 13.7. The molecule has 1 aromatic rings. The van der Waals surface area contributed by atoms with Gasteiger partial charge in [0.25, 0.3) is 0 Å². The van der Waals surface area contributed by atoms with E-state index in [4.69, 9.17) is 11.1 Å². The smallest absolute Gasteiger partial charge is 0.417 e. The Hall–Kier alpha value is -3.16. The number of nitrogens with two attached hydrogens (primary N) is 1. The Kier molecular flexibility index (Phi) is 7.14. The lowest BCUT2D eigenvalue weighted by molar-refractivity contribution is -0.157. The number of hydrogen-bond donors (Lipinski definition) is 5. The minimum atomic E-state index is -4.87. The maximum absolute atomic E-state index is 14.6. The number of nitrogens with zero attached hydrogens (tertiary/aromatic N) is 1. The van der Waals surface area contributed by atoms with E-state index >= 15 is 0 Å². The molecule has 3 fully saturated rings. The molecular weight excluding hydrogens is 545 g/mol. The van der Waals surface area contributed by atoms with Gasteiger partial charge < -0.3 is 26.7 Å². The molecule has 4 aliphatic rings. The second kappa shape index (κ2) is 9.99. The normalized spacial score (nSPS) is 32.2. The van der Waals surface area contributed by atoms with Gasteiger partial charge in [-0.1, -0.05) is 12.8 Å². The van der Waals surface area contributed by atoms with E-state index in [-0.39, 0.29) is 24.6 Å². The summed E-state index contributed by atoms with van der Waals surface area (Å²) in [6, 6.07) is -0.315. The number of amides is 1. The van der Waals surface area contributed by atoms with Crippen LogP contribution < -0.4 is 11.1 Å². The summed E-state index contributed by atoms with van der Waals surface area (Å²) in [5.74, 6) is -10.9. The minimum absolute atomic E-state index is 0.0419. The molecule has 10 nitrogen and oxygen atoms in total. The van der Waals surface area contributed by atoms with Crippen molar-refractivity contribution in [3.05, 3.63) is 28.3 Å². The van der Waals surface area contributed by atoms with E-state index in [0.29, 0.717) is 0 Å². The van der Waals surface area contributed by atoms with Gasteiger partial charge in [0.2, 0.25) is 5.91 Å². The number of likely N-dealkylation sites (N-methyl/N-ethyl adjacent to an activating group) is 1. The van der Waals surface area contributed by atoms with Gasteiger partial charge in [-0.15, -0.1) is 0 Å². The zero-order valence-corrected chi connectivity index (χ0v) is 22.7. The number of alkyl halides is 3. The summed E-state index contributed by atoms with van der Waals surface area (Å²) in [4.78, 5) is 54.4. The van der Waals surface area contributed by atoms with Crippen molar-refractivity contribution in [2.24, 2.45) is 29.4 Å². The molecule has 5 rings (SSSR count). The molecule has 0 bridgehead atoms. The van der Waals surface area contributed by atoms with Crippen LogP contribution in [0.3, 0.4) is 0 Å². The zero-order valence-electron chi connectivity index (χ0n) is 22.7. The van der Waals surface area contributed by atoms with Gasteiger partial charge in [-0.05, 0) is 62.9 Å². The quantitative estimate of drug-likeness (QED) is 0.326. The molecule has 222 valence electrons. The number of rotatable bonds is 5. The Morgan fingerprint density at radius 2 is 1.85 bits per heavy atom. The van der Waals surface area contributed by atoms with Crippen LogP contribution in [0.2, 0.25) is 0 Å². The number of aliphatic hydroxyl groups is 1. The number of benzene rings is 1. The summed E-state index contributed by atoms with van der Waals surface area (Å²) in [6.45, 7) is -0.174. The third-order valence-corrected chi connectivity index (χ3v) is 9.43.